The molecule has 0 saturated heterocycles. The maximum Gasteiger partial charge on any atom is 0.00745 e. The van der Waals surface area contributed by atoms with E-state index < -0.39 is 0 Å². The van der Waals surface area contributed by atoms with Crippen LogP contribution in [0.5, 0.6) is 0 Å². The fourth-order valence-corrected chi connectivity index (χ4v) is 0.912. The first kappa shape index (κ1) is 11.2. The van der Waals surface area contributed by atoms with Crippen molar-refractivity contribution >= 4 is 0 Å². The van der Waals surface area contributed by atoms with E-state index in [4.69, 9.17) is 0 Å². The van der Waals surface area contributed by atoms with Crippen molar-refractivity contribution in [2.75, 3.05) is 13.1 Å². The summed E-state index contributed by atoms with van der Waals surface area (Å²) in [7, 11) is 0. The third-order valence-corrected chi connectivity index (χ3v) is 1.53. The predicted octanol–water partition coefficient (Wildman–Crippen LogP) is 2.01. The Kier molecular flexibility index (Phi) is 7.81. The fraction of sp³-hybridized carbons (Fsp3) is 0.600. The van der Waals surface area contributed by atoms with Gasteiger partial charge in [-0.1, -0.05) is 19.6 Å². The van der Waals surface area contributed by atoms with Gasteiger partial charge in [0.05, 0.1) is 0 Å². The lowest BCUT2D eigenvalue weighted by Gasteiger charge is -2.01. The first-order chi connectivity index (χ1) is 5.81. The second-order valence-electron chi connectivity index (χ2n) is 2.77. The van der Waals surface area contributed by atoms with Crippen molar-refractivity contribution < 1.29 is 0 Å². The molecule has 0 spiro atoms. The Bertz CT molecular complexity index is 139. The summed E-state index contributed by atoms with van der Waals surface area (Å²) in [5.74, 6) is 0. The van der Waals surface area contributed by atoms with Gasteiger partial charge in [-0.2, -0.15) is 0 Å². The molecule has 2 heteroatoms. The van der Waals surface area contributed by atoms with Gasteiger partial charge in [-0.05, 0) is 39.1 Å². The van der Waals surface area contributed by atoms with Gasteiger partial charge in [-0.15, -0.1) is 0 Å². The summed E-state index contributed by atoms with van der Waals surface area (Å²) >= 11 is 0. The highest BCUT2D eigenvalue weighted by Gasteiger charge is 1.84. The Morgan fingerprint density at radius 3 is 2.75 bits per heavy atom. The summed E-state index contributed by atoms with van der Waals surface area (Å²) < 4.78 is 0. The Morgan fingerprint density at radius 2 is 2.17 bits per heavy atom. The number of nitrogens with one attached hydrogen (secondary N) is 2. The van der Waals surface area contributed by atoms with E-state index in [1.54, 1.807) is 6.20 Å². The zero-order valence-corrected chi connectivity index (χ0v) is 8.19. The van der Waals surface area contributed by atoms with Gasteiger partial charge in [-0.25, -0.2) is 0 Å². The van der Waals surface area contributed by atoms with Crippen LogP contribution in [0.1, 0.15) is 26.7 Å². The van der Waals surface area contributed by atoms with Gasteiger partial charge in [-0.3, -0.25) is 0 Å². The number of hydrogen-bond acceptors (Lipinski definition) is 2. The van der Waals surface area contributed by atoms with Gasteiger partial charge >= 0.3 is 0 Å². The van der Waals surface area contributed by atoms with Crippen molar-refractivity contribution in [3.63, 3.8) is 0 Å². The van der Waals surface area contributed by atoms with E-state index in [1.165, 1.54) is 12.1 Å². The summed E-state index contributed by atoms with van der Waals surface area (Å²) in [5.41, 5.74) is 1.17. The van der Waals surface area contributed by atoms with Crippen LogP contribution < -0.4 is 10.6 Å². The molecule has 0 aliphatic carbocycles. The lowest BCUT2D eigenvalue weighted by atomic mass is 10.3. The van der Waals surface area contributed by atoms with Gasteiger partial charge in [0.2, 0.25) is 0 Å². The van der Waals surface area contributed by atoms with Crippen LogP contribution in [0.2, 0.25) is 0 Å². The van der Waals surface area contributed by atoms with E-state index in [0.717, 1.165) is 19.5 Å². The summed E-state index contributed by atoms with van der Waals surface area (Å²) in [5, 5.41) is 6.37. The Morgan fingerprint density at radius 1 is 1.42 bits per heavy atom. The molecule has 0 rings (SSSR count). The van der Waals surface area contributed by atoms with E-state index in [1.807, 2.05) is 6.92 Å². The maximum atomic E-state index is 3.59. The van der Waals surface area contributed by atoms with Crippen molar-refractivity contribution in [2.45, 2.75) is 26.7 Å². The molecular weight excluding hydrogens is 148 g/mol. The molecule has 0 amide bonds. The summed E-state index contributed by atoms with van der Waals surface area (Å²) in [6.45, 7) is 9.98. The molecule has 0 saturated carbocycles. The molecule has 0 bridgehead atoms. The SMILES string of the molecule is C=CN/C(C)=C/CCNCCC. The van der Waals surface area contributed by atoms with Crippen LogP contribution in [0.4, 0.5) is 0 Å². The third kappa shape index (κ3) is 7.35. The predicted molar refractivity (Wildman–Crippen MR) is 54.9 cm³/mol. The van der Waals surface area contributed by atoms with Gasteiger partial charge in [0, 0.05) is 5.70 Å². The summed E-state index contributed by atoms with van der Waals surface area (Å²) in [4.78, 5) is 0. The topological polar surface area (TPSA) is 24.1 Å². The van der Waals surface area contributed by atoms with Crippen molar-refractivity contribution in [1.29, 1.82) is 0 Å². The van der Waals surface area contributed by atoms with E-state index in [0.29, 0.717) is 0 Å². The number of allylic oxidation sites excluding steroid dienone is 1. The quantitative estimate of drug-likeness (QED) is 0.568. The van der Waals surface area contributed by atoms with E-state index in [-0.39, 0.29) is 0 Å². The minimum atomic E-state index is 1.06. The smallest absolute Gasteiger partial charge is 0.00745 e. The standard InChI is InChI=1S/C10H20N2/c1-4-8-11-9-6-7-10(3)12-5-2/h5,7,11-12H,2,4,6,8-9H2,1,3H3/b10-7+. The lowest BCUT2D eigenvalue weighted by molar-refractivity contribution is 0.676. The Hall–Kier alpha value is -0.760. The molecule has 0 aliphatic heterocycles. The van der Waals surface area contributed by atoms with Crippen LogP contribution in [0, 0.1) is 0 Å². The second kappa shape index (κ2) is 8.34. The van der Waals surface area contributed by atoms with Gasteiger partial charge in [0.25, 0.3) is 0 Å². The highest BCUT2D eigenvalue weighted by Crippen LogP contribution is 1.89. The van der Waals surface area contributed by atoms with E-state index in [9.17, 15) is 0 Å². The van der Waals surface area contributed by atoms with Gasteiger partial charge < -0.3 is 10.6 Å². The van der Waals surface area contributed by atoms with Crippen LogP contribution >= 0.6 is 0 Å². The molecule has 12 heavy (non-hydrogen) atoms. The first-order valence-electron chi connectivity index (χ1n) is 4.56. The lowest BCUT2D eigenvalue weighted by Crippen LogP contribution is -2.15. The molecule has 0 radical (unpaired) electrons. The average molecular weight is 168 g/mol. The van der Waals surface area contributed by atoms with Crippen LogP contribution in [0.15, 0.2) is 24.6 Å². The molecule has 0 atom stereocenters. The van der Waals surface area contributed by atoms with Crippen molar-refractivity contribution in [2.24, 2.45) is 0 Å². The largest absolute Gasteiger partial charge is 0.366 e. The first-order valence-corrected chi connectivity index (χ1v) is 4.56. The molecule has 2 nitrogen and oxygen atoms in total. The summed E-state index contributed by atoms with van der Waals surface area (Å²) in [6, 6.07) is 0. The van der Waals surface area contributed by atoms with Crippen molar-refractivity contribution in [1.82, 2.24) is 10.6 Å². The van der Waals surface area contributed by atoms with Crippen LogP contribution in [-0.2, 0) is 0 Å². The third-order valence-electron chi connectivity index (χ3n) is 1.53. The number of hydrogen-bond donors (Lipinski definition) is 2. The minimum Gasteiger partial charge on any atom is -0.366 e. The van der Waals surface area contributed by atoms with E-state index in [2.05, 4.69) is 30.2 Å². The highest BCUT2D eigenvalue weighted by atomic mass is 14.8. The molecule has 0 aromatic heterocycles. The molecule has 0 aliphatic rings. The number of rotatable bonds is 7. The highest BCUT2D eigenvalue weighted by molar-refractivity contribution is 4.98. The Balaban J connectivity index is 3.27. The van der Waals surface area contributed by atoms with Crippen LogP contribution in [0.3, 0.4) is 0 Å². The van der Waals surface area contributed by atoms with Gasteiger partial charge in [0.1, 0.15) is 0 Å². The molecule has 70 valence electrons. The molecule has 0 heterocycles. The maximum absolute atomic E-state index is 3.59. The molecule has 2 N–H and O–H groups in total. The molecule has 0 aromatic carbocycles. The van der Waals surface area contributed by atoms with Crippen LogP contribution in [0.25, 0.3) is 0 Å². The molecule has 0 fully saturated rings. The molecular formula is C10H20N2. The van der Waals surface area contributed by atoms with E-state index >= 15 is 0 Å². The van der Waals surface area contributed by atoms with Crippen molar-refractivity contribution in [3.8, 4) is 0 Å². The molecule has 0 unspecified atom stereocenters. The normalized spacial score (nSPS) is 11.3. The average Bonchev–Trinajstić information content (AvgIpc) is 2.05. The zero-order valence-electron chi connectivity index (χ0n) is 8.19. The molecule has 0 aromatic rings. The second-order valence-corrected chi connectivity index (χ2v) is 2.77. The Labute approximate surface area is 75.7 Å². The minimum absolute atomic E-state index is 1.06. The monoisotopic (exact) mass is 168 g/mol. The zero-order chi connectivity index (χ0) is 9.23. The van der Waals surface area contributed by atoms with Crippen LogP contribution in [-0.4, -0.2) is 13.1 Å². The fourth-order valence-electron chi connectivity index (χ4n) is 0.912. The van der Waals surface area contributed by atoms with Crippen molar-refractivity contribution in [3.05, 3.63) is 24.6 Å². The van der Waals surface area contributed by atoms with Gasteiger partial charge in [0.15, 0.2) is 0 Å². The summed E-state index contributed by atoms with van der Waals surface area (Å²) in [6.07, 6.45) is 6.15.